The number of carbonyl (C=O) groups excluding carboxylic acids is 1. The molecular formula is C17H20N4OS. The third-order valence-corrected chi connectivity index (χ3v) is 4.93. The van der Waals surface area contributed by atoms with Gasteiger partial charge in [-0.05, 0) is 44.0 Å². The topological polar surface area (TPSA) is 52.2 Å². The molecule has 0 atom stereocenters. The Hall–Kier alpha value is -2.21. The molecule has 3 rings (SSSR count). The summed E-state index contributed by atoms with van der Waals surface area (Å²) in [6.07, 6.45) is 2.81. The van der Waals surface area contributed by atoms with Crippen LogP contribution in [0.5, 0.6) is 0 Å². The molecule has 0 saturated heterocycles. The van der Waals surface area contributed by atoms with E-state index in [-0.39, 0.29) is 11.9 Å². The van der Waals surface area contributed by atoms with Crippen molar-refractivity contribution in [3.8, 4) is 0 Å². The molecule has 2 heterocycles. The van der Waals surface area contributed by atoms with E-state index in [1.54, 1.807) is 10.7 Å². The van der Waals surface area contributed by atoms with Crippen LogP contribution in [0.2, 0.25) is 0 Å². The molecule has 5 nitrogen and oxygen atoms in total. The zero-order chi connectivity index (χ0) is 16.6. The van der Waals surface area contributed by atoms with Crippen LogP contribution in [0, 0.1) is 0 Å². The van der Waals surface area contributed by atoms with E-state index < -0.39 is 0 Å². The lowest BCUT2D eigenvalue weighted by atomic mass is 10.2. The van der Waals surface area contributed by atoms with Gasteiger partial charge in [-0.2, -0.15) is 10.1 Å². The van der Waals surface area contributed by atoms with Gasteiger partial charge in [0, 0.05) is 19.3 Å². The fourth-order valence-electron chi connectivity index (χ4n) is 2.39. The number of fused-ring (bicyclic) bond motifs is 1. The maximum Gasteiger partial charge on any atom is 0.300 e. The summed E-state index contributed by atoms with van der Waals surface area (Å²) < 4.78 is 4.86. The van der Waals surface area contributed by atoms with E-state index in [4.69, 9.17) is 0 Å². The number of aromatic nitrogens is 3. The first-order valence-electron chi connectivity index (χ1n) is 7.72. The zero-order valence-corrected chi connectivity index (χ0v) is 14.6. The van der Waals surface area contributed by atoms with Crippen molar-refractivity contribution in [1.82, 2.24) is 14.3 Å². The maximum absolute atomic E-state index is 12.4. The van der Waals surface area contributed by atoms with E-state index in [0.717, 1.165) is 16.6 Å². The van der Waals surface area contributed by atoms with Crippen molar-refractivity contribution in [3.63, 3.8) is 0 Å². The number of hydrogen-bond donors (Lipinski definition) is 0. The minimum absolute atomic E-state index is 0.226. The SMILES string of the molecule is CCc1ccc2c(c1)sc(=NC(=O)c1ccn(C(C)C)n1)n2C. The zero-order valence-electron chi connectivity index (χ0n) is 13.8. The fraction of sp³-hybridized carbons (Fsp3) is 0.353. The van der Waals surface area contributed by atoms with Crippen molar-refractivity contribution in [3.05, 3.63) is 46.5 Å². The van der Waals surface area contributed by atoms with E-state index >= 15 is 0 Å². The molecule has 0 aliphatic heterocycles. The first kappa shape index (κ1) is 15.7. The molecule has 0 aliphatic rings. The monoisotopic (exact) mass is 328 g/mol. The minimum Gasteiger partial charge on any atom is -0.319 e. The number of nitrogens with zero attached hydrogens (tertiary/aromatic N) is 4. The standard InChI is InChI=1S/C17H20N4OS/c1-5-12-6-7-14-15(10-12)23-17(20(14)4)18-16(22)13-8-9-21(19-13)11(2)3/h6-11H,5H2,1-4H3. The highest BCUT2D eigenvalue weighted by atomic mass is 32.1. The molecule has 0 N–H and O–H groups in total. The second kappa shape index (κ2) is 6.12. The smallest absolute Gasteiger partial charge is 0.300 e. The predicted molar refractivity (Wildman–Crippen MR) is 92.7 cm³/mol. The van der Waals surface area contributed by atoms with Gasteiger partial charge in [0.1, 0.15) is 0 Å². The summed E-state index contributed by atoms with van der Waals surface area (Å²) in [6, 6.07) is 8.31. The van der Waals surface area contributed by atoms with Crippen molar-refractivity contribution in [2.75, 3.05) is 0 Å². The van der Waals surface area contributed by atoms with Gasteiger partial charge in [-0.1, -0.05) is 24.3 Å². The maximum atomic E-state index is 12.4. The van der Waals surface area contributed by atoms with E-state index in [0.29, 0.717) is 10.5 Å². The van der Waals surface area contributed by atoms with E-state index in [9.17, 15) is 4.79 Å². The first-order chi connectivity index (χ1) is 11.0. The molecule has 0 aliphatic carbocycles. The summed E-state index contributed by atoms with van der Waals surface area (Å²) in [7, 11) is 1.93. The third kappa shape index (κ3) is 2.99. The molecular weight excluding hydrogens is 308 g/mol. The lowest BCUT2D eigenvalue weighted by Gasteiger charge is -2.02. The van der Waals surface area contributed by atoms with Gasteiger partial charge >= 0.3 is 0 Å². The second-order valence-corrected chi connectivity index (χ2v) is 6.80. The predicted octanol–water partition coefficient (Wildman–Crippen LogP) is 3.32. The van der Waals surface area contributed by atoms with Gasteiger partial charge in [0.15, 0.2) is 10.5 Å². The van der Waals surface area contributed by atoms with Crippen LogP contribution in [-0.4, -0.2) is 20.3 Å². The summed E-state index contributed by atoms with van der Waals surface area (Å²) in [6.45, 7) is 6.18. The Labute approximate surface area is 138 Å². The molecule has 0 spiro atoms. The summed E-state index contributed by atoms with van der Waals surface area (Å²) >= 11 is 1.53. The van der Waals surface area contributed by atoms with Crippen molar-refractivity contribution in [2.24, 2.45) is 12.0 Å². The Morgan fingerprint density at radius 1 is 1.35 bits per heavy atom. The average molecular weight is 328 g/mol. The lowest BCUT2D eigenvalue weighted by molar-refractivity contribution is 0.0992. The summed E-state index contributed by atoms with van der Waals surface area (Å²) in [4.78, 5) is 17.3. The number of hydrogen-bond acceptors (Lipinski definition) is 3. The number of aryl methyl sites for hydroxylation is 2. The number of amides is 1. The van der Waals surface area contributed by atoms with Crippen LogP contribution in [0.15, 0.2) is 35.5 Å². The van der Waals surface area contributed by atoms with E-state index in [1.807, 2.05) is 31.7 Å². The molecule has 0 fully saturated rings. The Bertz CT molecular complexity index is 930. The van der Waals surface area contributed by atoms with Gasteiger partial charge < -0.3 is 4.57 Å². The van der Waals surface area contributed by atoms with E-state index in [2.05, 4.69) is 35.2 Å². The Kier molecular flexibility index (Phi) is 4.17. The van der Waals surface area contributed by atoms with Crippen molar-refractivity contribution >= 4 is 27.5 Å². The number of carbonyl (C=O) groups is 1. The van der Waals surface area contributed by atoms with Gasteiger partial charge in [-0.25, -0.2) is 0 Å². The van der Waals surface area contributed by atoms with Crippen LogP contribution in [0.1, 0.15) is 42.9 Å². The Balaban J connectivity index is 2.02. The van der Waals surface area contributed by atoms with Gasteiger partial charge in [0.05, 0.1) is 10.2 Å². The van der Waals surface area contributed by atoms with Crippen LogP contribution in [0.3, 0.4) is 0 Å². The van der Waals surface area contributed by atoms with Crippen LogP contribution in [0.25, 0.3) is 10.2 Å². The molecule has 0 bridgehead atoms. The molecule has 0 unspecified atom stereocenters. The molecule has 0 radical (unpaired) electrons. The van der Waals surface area contributed by atoms with Crippen molar-refractivity contribution < 1.29 is 4.79 Å². The number of rotatable bonds is 3. The van der Waals surface area contributed by atoms with Crippen molar-refractivity contribution in [1.29, 1.82) is 0 Å². The summed E-state index contributed by atoms with van der Waals surface area (Å²) in [5.41, 5.74) is 2.75. The lowest BCUT2D eigenvalue weighted by Crippen LogP contribution is -2.14. The number of benzene rings is 1. The van der Waals surface area contributed by atoms with Gasteiger partial charge in [0.25, 0.3) is 5.91 Å². The highest BCUT2D eigenvalue weighted by Crippen LogP contribution is 2.18. The van der Waals surface area contributed by atoms with Crippen LogP contribution in [0.4, 0.5) is 0 Å². The van der Waals surface area contributed by atoms with Crippen LogP contribution < -0.4 is 4.80 Å². The average Bonchev–Trinajstić information content (AvgIpc) is 3.13. The van der Waals surface area contributed by atoms with Gasteiger partial charge in [-0.3, -0.25) is 9.48 Å². The van der Waals surface area contributed by atoms with Gasteiger partial charge in [0.2, 0.25) is 0 Å². The van der Waals surface area contributed by atoms with E-state index in [1.165, 1.54) is 16.9 Å². The summed E-state index contributed by atoms with van der Waals surface area (Å²) in [5, 5.41) is 4.29. The largest absolute Gasteiger partial charge is 0.319 e. The molecule has 1 aromatic carbocycles. The molecule has 6 heteroatoms. The molecule has 3 aromatic rings. The minimum atomic E-state index is -0.303. The highest BCUT2D eigenvalue weighted by molar-refractivity contribution is 7.16. The molecule has 2 aromatic heterocycles. The normalized spacial score (nSPS) is 12.5. The van der Waals surface area contributed by atoms with Crippen LogP contribution in [-0.2, 0) is 13.5 Å². The fourth-order valence-corrected chi connectivity index (χ4v) is 3.47. The van der Waals surface area contributed by atoms with Crippen LogP contribution >= 0.6 is 11.3 Å². The van der Waals surface area contributed by atoms with Gasteiger partial charge in [-0.15, -0.1) is 0 Å². The molecule has 23 heavy (non-hydrogen) atoms. The first-order valence-corrected chi connectivity index (χ1v) is 8.54. The molecule has 0 saturated carbocycles. The molecule has 1 amide bonds. The Morgan fingerprint density at radius 3 is 2.78 bits per heavy atom. The quantitative estimate of drug-likeness (QED) is 0.740. The third-order valence-electron chi connectivity index (χ3n) is 3.84. The van der Waals surface area contributed by atoms with Crippen molar-refractivity contribution in [2.45, 2.75) is 33.2 Å². The summed E-state index contributed by atoms with van der Waals surface area (Å²) in [5.74, 6) is -0.303. The molecule has 120 valence electrons. The number of thiazole rings is 1. The second-order valence-electron chi connectivity index (χ2n) is 5.79. The Morgan fingerprint density at radius 2 is 2.13 bits per heavy atom. The highest BCUT2D eigenvalue weighted by Gasteiger charge is 2.11.